The topological polar surface area (TPSA) is 78.7 Å². The van der Waals surface area contributed by atoms with Gasteiger partial charge in [-0.2, -0.15) is 17.7 Å². The number of alkyl halides is 3. The number of halogens is 3. The molecule has 2 aliphatic heterocycles. The highest BCUT2D eigenvalue weighted by Crippen LogP contribution is 2.29. The van der Waals surface area contributed by atoms with E-state index in [2.05, 4.69) is 39.4 Å². The van der Waals surface area contributed by atoms with Gasteiger partial charge in [0.25, 0.3) is 5.82 Å². The van der Waals surface area contributed by atoms with Crippen LogP contribution < -0.4 is 10.2 Å². The maximum absolute atomic E-state index is 13.1. The van der Waals surface area contributed by atoms with Crippen molar-refractivity contribution in [1.29, 1.82) is 0 Å². The lowest BCUT2D eigenvalue weighted by Gasteiger charge is -2.36. The van der Waals surface area contributed by atoms with Gasteiger partial charge in [0.2, 0.25) is 5.91 Å². The third-order valence-electron chi connectivity index (χ3n) is 6.30. The van der Waals surface area contributed by atoms with Crippen LogP contribution in [0.2, 0.25) is 0 Å². The monoisotopic (exact) mass is 439 g/mol. The summed E-state index contributed by atoms with van der Waals surface area (Å²) in [6.07, 6.45) is -1.41. The molecule has 0 radical (unpaired) electrons. The molecule has 1 amide bonds. The number of anilines is 1. The maximum atomic E-state index is 13.1. The predicted octanol–water partition coefficient (Wildman–Crippen LogP) is 2.35. The Hall–Kier alpha value is -2.43. The van der Waals surface area contributed by atoms with Gasteiger partial charge in [-0.25, -0.2) is 0 Å². The first-order chi connectivity index (χ1) is 14.7. The smallest absolute Gasteiger partial charge is 0.355 e. The summed E-state index contributed by atoms with van der Waals surface area (Å²) < 4.78 is 40.0. The number of nitrogens with zero attached hydrogens (tertiary/aromatic N) is 6. The van der Waals surface area contributed by atoms with Crippen LogP contribution in [0.5, 0.6) is 0 Å². The molecule has 0 spiro atoms. The molecule has 2 aromatic rings. The minimum atomic E-state index is -4.62. The SMILES string of the molecule is CC(C)N1CCC(NC(=O)C2CCN(c3ccc4nnc(C(F)(F)F)n4n3)CC2)CC1. The van der Waals surface area contributed by atoms with E-state index in [1.807, 2.05) is 4.90 Å². The number of carbonyl (C=O) groups excluding carboxylic acids is 1. The van der Waals surface area contributed by atoms with Crippen LogP contribution in [0.15, 0.2) is 12.1 Å². The Balaban J connectivity index is 1.33. The normalized spacial score (nSPS) is 20.0. The van der Waals surface area contributed by atoms with Crippen LogP contribution in [0.4, 0.5) is 19.0 Å². The number of hydrogen-bond donors (Lipinski definition) is 1. The molecule has 4 rings (SSSR count). The lowest BCUT2D eigenvalue weighted by atomic mass is 9.94. The molecule has 1 N–H and O–H groups in total. The second-order valence-electron chi connectivity index (χ2n) is 8.66. The molecule has 0 aliphatic carbocycles. The Morgan fingerprint density at radius 3 is 2.35 bits per heavy atom. The van der Waals surface area contributed by atoms with Crippen molar-refractivity contribution < 1.29 is 18.0 Å². The van der Waals surface area contributed by atoms with Crippen LogP contribution in [-0.2, 0) is 11.0 Å². The van der Waals surface area contributed by atoms with Crippen LogP contribution >= 0.6 is 0 Å². The zero-order valence-corrected chi connectivity index (χ0v) is 17.8. The van der Waals surface area contributed by atoms with Gasteiger partial charge in [-0.15, -0.1) is 15.3 Å². The van der Waals surface area contributed by atoms with Gasteiger partial charge >= 0.3 is 6.18 Å². The molecule has 0 saturated carbocycles. The molecule has 11 heteroatoms. The first-order valence-corrected chi connectivity index (χ1v) is 10.8. The summed E-state index contributed by atoms with van der Waals surface area (Å²) in [6, 6.07) is 3.87. The second-order valence-corrected chi connectivity index (χ2v) is 8.66. The number of aromatic nitrogens is 4. The standard InChI is InChI=1S/C20H28F3N7O/c1-13(2)28-11-7-15(8-12-28)24-18(31)14-5-9-29(10-6-14)17-4-3-16-25-26-19(20(21,22)23)30(16)27-17/h3-4,13-15H,5-12H2,1-2H3,(H,24,31). The van der Waals surface area contributed by atoms with Crippen LogP contribution in [0.3, 0.4) is 0 Å². The second kappa shape index (κ2) is 8.60. The predicted molar refractivity (Wildman–Crippen MR) is 109 cm³/mol. The molecule has 2 saturated heterocycles. The largest absolute Gasteiger partial charge is 0.453 e. The molecule has 0 bridgehead atoms. The highest BCUT2D eigenvalue weighted by atomic mass is 19.4. The van der Waals surface area contributed by atoms with Gasteiger partial charge in [0.05, 0.1) is 0 Å². The maximum Gasteiger partial charge on any atom is 0.453 e. The molecule has 0 unspecified atom stereocenters. The number of amides is 1. The van der Waals surface area contributed by atoms with Crippen LogP contribution in [0.25, 0.3) is 5.65 Å². The van der Waals surface area contributed by atoms with Gasteiger partial charge in [0.15, 0.2) is 5.65 Å². The fourth-order valence-electron chi connectivity index (χ4n) is 4.37. The highest BCUT2D eigenvalue weighted by Gasteiger charge is 2.38. The van der Waals surface area contributed by atoms with Crippen LogP contribution in [0.1, 0.15) is 45.4 Å². The minimum absolute atomic E-state index is 0.0499. The van der Waals surface area contributed by atoms with Gasteiger partial charge in [0.1, 0.15) is 5.82 Å². The summed E-state index contributed by atoms with van der Waals surface area (Å²) in [7, 11) is 0. The number of rotatable bonds is 4. The lowest BCUT2D eigenvalue weighted by Crippen LogP contribution is -2.49. The average Bonchev–Trinajstić information content (AvgIpc) is 3.18. The summed E-state index contributed by atoms with van der Waals surface area (Å²) in [5, 5.41) is 14.0. The van der Waals surface area contributed by atoms with Crippen molar-refractivity contribution in [1.82, 2.24) is 30.0 Å². The van der Waals surface area contributed by atoms with Gasteiger partial charge in [-0.3, -0.25) is 4.79 Å². The number of likely N-dealkylation sites (tertiary alicyclic amines) is 1. The minimum Gasteiger partial charge on any atom is -0.355 e. The summed E-state index contributed by atoms with van der Waals surface area (Å²) in [5.41, 5.74) is 0.0499. The number of fused-ring (bicyclic) bond motifs is 1. The molecule has 170 valence electrons. The number of piperidine rings is 2. The Morgan fingerprint density at radius 1 is 1.06 bits per heavy atom. The van der Waals surface area contributed by atoms with E-state index in [-0.39, 0.29) is 23.5 Å². The fraction of sp³-hybridized carbons (Fsp3) is 0.700. The van der Waals surface area contributed by atoms with Crippen molar-refractivity contribution in [3.8, 4) is 0 Å². The zero-order chi connectivity index (χ0) is 22.2. The zero-order valence-electron chi connectivity index (χ0n) is 17.8. The van der Waals surface area contributed by atoms with E-state index in [4.69, 9.17) is 0 Å². The molecule has 2 fully saturated rings. The van der Waals surface area contributed by atoms with Crippen molar-refractivity contribution in [3.05, 3.63) is 18.0 Å². The molecule has 8 nitrogen and oxygen atoms in total. The first-order valence-electron chi connectivity index (χ1n) is 10.8. The van der Waals surface area contributed by atoms with Gasteiger partial charge < -0.3 is 15.1 Å². The number of nitrogens with one attached hydrogen (secondary N) is 1. The Bertz CT molecular complexity index is 913. The summed E-state index contributed by atoms with van der Waals surface area (Å²) in [5.74, 6) is -0.701. The number of carbonyl (C=O) groups is 1. The first kappa shape index (κ1) is 21.8. The molecule has 2 aliphatic rings. The van der Waals surface area contributed by atoms with E-state index in [1.54, 1.807) is 6.07 Å². The van der Waals surface area contributed by atoms with E-state index < -0.39 is 12.0 Å². The van der Waals surface area contributed by atoms with Gasteiger partial charge in [0, 0.05) is 44.2 Å². The summed E-state index contributed by atoms with van der Waals surface area (Å²) in [6.45, 7) is 7.49. The van der Waals surface area contributed by atoms with E-state index in [0.717, 1.165) is 30.4 Å². The van der Waals surface area contributed by atoms with E-state index in [1.165, 1.54) is 6.07 Å². The molecule has 31 heavy (non-hydrogen) atoms. The number of hydrogen-bond acceptors (Lipinski definition) is 6. The quantitative estimate of drug-likeness (QED) is 0.788. The van der Waals surface area contributed by atoms with Crippen molar-refractivity contribution in [2.24, 2.45) is 5.92 Å². The summed E-state index contributed by atoms with van der Waals surface area (Å²) in [4.78, 5) is 17.0. The van der Waals surface area contributed by atoms with E-state index >= 15 is 0 Å². The molecular weight excluding hydrogens is 411 g/mol. The van der Waals surface area contributed by atoms with E-state index in [0.29, 0.717) is 37.8 Å². The highest BCUT2D eigenvalue weighted by molar-refractivity contribution is 5.79. The van der Waals surface area contributed by atoms with Gasteiger partial charge in [-0.05, 0) is 51.7 Å². The van der Waals surface area contributed by atoms with Crippen molar-refractivity contribution in [2.45, 2.75) is 57.8 Å². The Kier molecular flexibility index (Phi) is 6.05. The fourth-order valence-corrected chi connectivity index (χ4v) is 4.37. The third-order valence-corrected chi connectivity index (χ3v) is 6.30. The Morgan fingerprint density at radius 2 is 1.74 bits per heavy atom. The van der Waals surface area contributed by atoms with Crippen LogP contribution in [-0.4, -0.2) is 68.9 Å². The Labute approximate surface area is 178 Å². The lowest BCUT2D eigenvalue weighted by molar-refractivity contribution is -0.146. The average molecular weight is 439 g/mol. The molecule has 0 aromatic carbocycles. The van der Waals surface area contributed by atoms with Crippen molar-refractivity contribution in [3.63, 3.8) is 0 Å². The summed E-state index contributed by atoms with van der Waals surface area (Å²) >= 11 is 0. The van der Waals surface area contributed by atoms with Crippen molar-refractivity contribution in [2.75, 3.05) is 31.1 Å². The molecule has 2 aromatic heterocycles. The van der Waals surface area contributed by atoms with Crippen molar-refractivity contribution >= 4 is 17.4 Å². The van der Waals surface area contributed by atoms with Gasteiger partial charge in [-0.1, -0.05) is 0 Å². The molecular formula is C20H28F3N7O. The van der Waals surface area contributed by atoms with E-state index in [9.17, 15) is 18.0 Å². The molecule has 4 heterocycles. The van der Waals surface area contributed by atoms with Crippen LogP contribution in [0, 0.1) is 5.92 Å². The third kappa shape index (κ3) is 4.76. The molecule has 0 atom stereocenters.